The Balaban J connectivity index is 1.58. The molecule has 0 saturated carbocycles. The first kappa shape index (κ1) is 44.6. The lowest BCUT2D eigenvalue weighted by Gasteiger charge is -2.31. The minimum Gasteiger partial charge on any atom is -0.480 e. The van der Waals surface area contributed by atoms with Gasteiger partial charge in [0.1, 0.15) is 42.1 Å². The van der Waals surface area contributed by atoms with Crippen LogP contribution in [0, 0.1) is 11.8 Å². The van der Waals surface area contributed by atoms with Gasteiger partial charge in [-0.1, -0.05) is 64.4 Å². The lowest BCUT2D eigenvalue weighted by molar-refractivity contribution is -0.143. The molecule has 8 N–H and O–H groups in total. The van der Waals surface area contributed by atoms with Crippen molar-refractivity contribution in [3.8, 4) is 0 Å². The molecule has 1 saturated heterocycles. The average molecular weight is 805 g/mol. The molecule has 18 nitrogen and oxygen atoms in total. The first-order chi connectivity index (χ1) is 27.7. The minimum atomic E-state index is -1.25. The maximum absolute atomic E-state index is 14.3. The predicted molar refractivity (Wildman–Crippen MR) is 211 cm³/mol. The lowest BCUT2D eigenvalue weighted by Crippen LogP contribution is -2.60. The largest absolute Gasteiger partial charge is 0.480 e. The molecule has 1 aromatic carbocycles. The molecule has 18 heteroatoms. The zero-order chi connectivity index (χ0) is 42.4. The van der Waals surface area contributed by atoms with E-state index in [2.05, 4.69) is 46.5 Å². The third-order valence-corrected chi connectivity index (χ3v) is 10.1. The maximum atomic E-state index is 14.3. The van der Waals surface area contributed by atoms with E-state index in [1.807, 2.05) is 27.7 Å². The molecule has 3 aromatic rings. The van der Waals surface area contributed by atoms with Gasteiger partial charge >= 0.3 is 5.97 Å². The number of amides is 6. The van der Waals surface area contributed by atoms with Gasteiger partial charge in [0.15, 0.2) is 0 Å². The Morgan fingerprint density at radius 1 is 0.845 bits per heavy atom. The highest BCUT2D eigenvalue weighted by Crippen LogP contribution is 2.21. The molecule has 0 aliphatic carbocycles. The van der Waals surface area contributed by atoms with Crippen LogP contribution in [0.4, 0.5) is 0 Å². The minimum absolute atomic E-state index is 0.0194. The Kier molecular flexibility index (Phi) is 16.5. The highest BCUT2D eigenvalue weighted by molar-refractivity contribution is 5.97. The summed E-state index contributed by atoms with van der Waals surface area (Å²) in [6.07, 6.45) is 7.44. The summed E-state index contributed by atoms with van der Waals surface area (Å²) < 4.78 is 0. The second-order valence-corrected chi connectivity index (χ2v) is 15.2. The number of carbonyl (C=O) groups excluding carboxylic acids is 6. The number of carbonyl (C=O) groups is 7. The predicted octanol–water partition coefficient (Wildman–Crippen LogP) is 0.772. The second-order valence-electron chi connectivity index (χ2n) is 15.2. The molecular weight excluding hydrogens is 749 g/mol. The molecule has 0 bridgehead atoms. The summed E-state index contributed by atoms with van der Waals surface area (Å²) in [7, 11) is 0. The Morgan fingerprint density at radius 3 is 2.10 bits per heavy atom. The van der Waals surface area contributed by atoms with E-state index in [1.54, 1.807) is 36.5 Å². The van der Waals surface area contributed by atoms with Crippen molar-refractivity contribution < 1.29 is 38.7 Å². The number of H-pyrrole nitrogens is 2. The Hall–Kier alpha value is -6.07. The Labute approximate surface area is 337 Å². The molecule has 0 unspecified atom stereocenters. The van der Waals surface area contributed by atoms with Crippen molar-refractivity contribution in [2.24, 2.45) is 11.8 Å². The monoisotopic (exact) mass is 804 g/mol. The van der Waals surface area contributed by atoms with Crippen LogP contribution in [0.2, 0.25) is 0 Å². The van der Waals surface area contributed by atoms with E-state index in [4.69, 9.17) is 0 Å². The van der Waals surface area contributed by atoms with Crippen LogP contribution in [0.5, 0.6) is 0 Å². The number of hydrogen-bond acceptors (Lipinski definition) is 9. The summed E-state index contributed by atoms with van der Waals surface area (Å²) in [6.45, 7) is 8.87. The van der Waals surface area contributed by atoms with Gasteiger partial charge in [0.25, 0.3) is 0 Å². The van der Waals surface area contributed by atoms with Gasteiger partial charge in [0.2, 0.25) is 35.4 Å². The molecule has 1 aliphatic rings. The van der Waals surface area contributed by atoms with E-state index < -0.39 is 77.7 Å². The van der Waals surface area contributed by atoms with Crippen LogP contribution >= 0.6 is 0 Å². The van der Waals surface area contributed by atoms with E-state index in [9.17, 15) is 38.7 Å². The van der Waals surface area contributed by atoms with Crippen LogP contribution in [-0.4, -0.2) is 114 Å². The van der Waals surface area contributed by atoms with Crippen LogP contribution in [0.3, 0.4) is 0 Å². The quantitative estimate of drug-likeness (QED) is 0.0750. The zero-order valence-corrected chi connectivity index (χ0v) is 33.6. The fourth-order valence-electron chi connectivity index (χ4n) is 6.88. The van der Waals surface area contributed by atoms with Crippen molar-refractivity contribution in [1.29, 1.82) is 0 Å². The number of imidazole rings is 2. The summed E-state index contributed by atoms with van der Waals surface area (Å²) in [4.78, 5) is 109. The number of nitrogens with one attached hydrogen (secondary N) is 7. The number of aromatic amines is 2. The van der Waals surface area contributed by atoms with Gasteiger partial charge in [-0.05, 0) is 36.7 Å². The number of likely N-dealkylation sites (tertiary alicyclic amines) is 1. The smallest absolute Gasteiger partial charge is 0.326 e. The molecule has 6 amide bonds. The number of hydrogen-bond donors (Lipinski definition) is 8. The number of nitrogens with zero attached hydrogens (tertiary/aromatic N) is 3. The fraction of sp³-hybridized carbons (Fsp3) is 0.525. The van der Waals surface area contributed by atoms with E-state index in [0.717, 1.165) is 0 Å². The molecule has 4 rings (SSSR count). The highest BCUT2D eigenvalue weighted by atomic mass is 16.4. The Morgan fingerprint density at radius 2 is 1.52 bits per heavy atom. The van der Waals surface area contributed by atoms with Gasteiger partial charge < -0.3 is 46.6 Å². The molecule has 0 spiro atoms. The third-order valence-electron chi connectivity index (χ3n) is 10.1. The maximum Gasteiger partial charge on any atom is 0.326 e. The fourth-order valence-corrected chi connectivity index (χ4v) is 6.88. The molecule has 3 heterocycles. The summed E-state index contributed by atoms with van der Waals surface area (Å²) in [6, 6.07) is 2.20. The second kappa shape index (κ2) is 21.5. The van der Waals surface area contributed by atoms with Crippen molar-refractivity contribution in [1.82, 2.24) is 51.4 Å². The van der Waals surface area contributed by atoms with Crippen LogP contribution in [-0.2, 0) is 52.8 Å². The van der Waals surface area contributed by atoms with Gasteiger partial charge in [0, 0.05) is 57.0 Å². The number of benzene rings is 1. The van der Waals surface area contributed by atoms with E-state index in [-0.39, 0.29) is 50.5 Å². The van der Waals surface area contributed by atoms with Crippen molar-refractivity contribution in [3.63, 3.8) is 0 Å². The molecule has 1 fully saturated rings. The first-order valence-electron chi connectivity index (χ1n) is 19.7. The van der Waals surface area contributed by atoms with Crippen LogP contribution in [0.25, 0.3) is 0 Å². The molecule has 2 aromatic heterocycles. The van der Waals surface area contributed by atoms with Crippen molar-refractivity contribution in [2.45, 2.75) is 116 Å². The molecule has 0 radical (unpaired) electrons. The SMILES string of the molecule is CC[C@H](C)[C@H](NC(C)=O)C(=O)N[C@@H](Cc1ncc[nH]1)C(=O)N1CCC[C@H]1C(=O)N[C@@H](Cc1ccccc1)C(=O)N[C@@H](Cc1cnc[nH]1)C(=O)N[C@@H](CC(C)C)C(=O)O. The van der Waals surface area contributed by atoms with Gasteiger partial charge in [-0.2, -0.15) is 0 Å². The molecular formula is C40H56N10O8. The summed E-state index contributed by atoms with van der Waals surface area (Å²) in [5.41, 5.74) is 1.21. The van der Waals surface area contributed by atoms with Gasteiger partial charge in [-0.3, -0.25) is 28.8 Å². The lowest BCUT2D eigenvalue weighted by atomic mass is 9.97. The standard InChI is InChI=1S/C40H56N10O8/c1-6-24(4)34(45-25(5)51)38(55)48-30(20-33-42-14-15-43-33)39(56)50-16-10-13-32(50)37(54)47-28(18-26-11-8-7-9-12-26)35(52)46-29(19-27-21-41-22-44-27)36(53)49-31(40(57)58)17-23(2)3/h7-9,11-12,14-15,21-24,28-32,34H,6,10,13,16-20H2,1-5H3,(H,41,44)(H,42,43)(H,45,51)(H,46,52)(H,47,54)(H,48,55)(H,49,53)(H,57,58)/t24-,28-,29-,30-,31-,32-,34-/m0/s1. The molecule has 7 atom stereocenters. The summed E-state index contributed by atoms with van der Waals surface area (Å²) in [5.74, 6) is -4.63. The normalized spacial score (nSPS) is 16.9. The van der Waals surface area contributed by atoms with Gasteiger partial charge in [-0.25, -0.2) is 14.8 Å². The van der Waals surface area contributed by atoms with E-state index in [1.165, 1.54) is 30.5 Å². The van der Waals surface area contributed by atoms with Gasteiger partial charge in [-0.15, -0.1) is 0 Å². The van der Waals surface area contributed by atoms with Crippen LogP contribution < -0.4 is 26.6 Å². The average Bonchev–Trinajstić information content (AvgIpc) is 4.00. The number of rotatable bonds is 21. The zero-order valence-electron chi connectivity index (χ0n) is 33.6. The Bertz CT molecular complexity index is 1840. The van der Waals surface area contributed by atoms with Crippen molar-refractivity contribution in [3.05, 3.63) is 72.3 Å². The van der Waals surface area contributed by atoms with Crippen LogP contribution in [0.1, 0.15) is 77.4 Å². The van der Waals surface area contributed by atoms with Crippen LogP contribution in [0.15, 0.2) is 55.2 Å². The highest BCUT2D eigenvalue weighted by Gasteiger charge is 2.40. The number of carboxylic acids is 1. The third kappa shape index (κ3) is 13.0. The summed E-state index contributed by atoms with van der Waals surface area (Å²) in [5, 5.41) is 23.4. The van der Waals surface area contributed by atoms with Gasteiger partial charge in [0.05, 0.1) is 6.33 Å². The topological polar surface area (TPSA) is 260 Å². The molecule has 314 valence electrons. The molecule has 58 heavy (non-hydrogen) atoms. The first-order valence-corrected chi connectivity index (χ1v) is 19.7. The number of aromatic nitrogens is 4. The van der Waals surface area contributed by atoms with Crippen molar-refractivity contribution >= 4 is 41.4 Å². The number of carboxylic acid groups (broad SMARTS) is 1. The van der Waals surface area contributed by atoms with E-state index in [0.29, 0.717) is 29.9 Å². The number of aliphatic carboxylic acids is 1. The summed E-state index contributed by atoms with van der Waals surface area (Å²) >= 11 is 0. The van der Waals surface area contributed by atoms with Crippen molar-refractivity contribution in [2.75, 3.05) is 6.54 Å². The van der Waals surface area contributed by atoms with E-state index >= 15 is 0 Å². The molecule has 1 aliphatic heterocycles.